The Balaban J connectivity index is 3.03. The van der Waals surface area contributed by atoms with Gasteiger partial charge in [0, 0.05) is 0 Å². The van der Waals surface area contributed by atoms with Gasteiger partial charge in [0.25, 0.3) is 0 Å². The molecule has 0 saturated heterocycles. The molecule has 1 rings (SSSR count). The van der Waals surface area contributed by atoms with E-state index in [0.29, 0.717) is 5.56 Å². The smallest absolute Gasteiger partial charge is 0.207 e. The van der Waals surface area contributed by atoms with Crippen LogP contribution < -0.4 is 0 Å². The highest BCUT2D eigenvalue weighted by molar-refractivity contribution is 5.26. The van der Waals surface area contributed by atoms with E-state index in [9.17, 15) is 17.6 Å². The van der Waals surface area contributed by atoms with Crippen molar-refractivity contribution >= 4 is 0 Å². The van der Waals surface area contributed by atoms with Crippen molar-refractivity contribution in [3.63, 3.8) is 0 Å². The summed E-state index contributed by atoms with van der Waals surface area (Å²) in [6.45, 7) is 2.53. The van der Waals surface area contributed by atoms with Crippen molar-refractivity contribution in [1.29, 1.82) is 0 Å². The molecule has 0 bridgehead atoms. The maximum Gasteiger partial charge on any atom is 0.395 e. The van der Waals surface area contributed by atoms with Crippen LogP contribution in [0.25, 0.3) is 0 Å². The first-order valence-electron chi connectivity index (χ1n) is 4.15. The largest absolute Gasteiger partial charge is 0.395 e. The van der Waals surface area contributed by atoms with Crippen molar-refractivity contribution < 1.29 is 17.6 Å². The van der Waals surface area contributed by atoms with Crippen molar-refractivity contribution in [3.8, 4) is 0 Å². The third-order valence-electron chi connectivity index (χ3n) is 2.19. The maximum absolute atomic E-state index is 13.0. The summed E-state index contributed by atoms with van der Waals surface area (Å²) in [6.07, 6.45) is -4.32. The van der Waals surface area contributed by atoms with Gasteiger partial charge in [-0.1, -0.05) is 12.1 Å². The molecule has 0 heterocycles. The molecule has 1 aromatic carbocycles. The van der Waals surface area contributed by atoms with Gasteiger partial charge < -0.3 is 0 Å². The van der Waals surface area contributed by atoms with E-state index >= 15 is 0 Å². The predicted octanol–water partition coefficient (Wildman–Crippen LogP) is 3.80. The van der Waals surface area contributed by atoms with Gasteiger partial charge >= 0.3 is 6.18 Å². The van der Waals surface area contributed by atoms with Crippen LogP contribution in [0.4, 0.5) is 17.6 Å². The number of hydrogen-bond acceptors (Lipinski definition) is 0. The van der Waals surface area contributed by atoms with Gasteiger partial charge in [-0.15, -0.1) is 0 Å². The topological polar surface area (TPSA) is 0 Å². The molecule has 0 aliphatic rings. The summed E-state index contributed by atoms with van der Waals surface area (Å²) in [5.41, 5.74) is 0.309. The molecular formula is C10H10F4. The average Bonchev–Trinajstić information content (AvgIpc) is 2.07. The molecule has 0 N–H and O–H groups in total. The van der Waals surface area contributed by atoms with Crippen LogP contribution in [-0.4, -0.2) is 6.18 Å². The van der Waals surface area contributed by atoms with Crippen LogP contribution in [0.5, 0.6) is 0 Å². The van der Waals surface area contributed by atoms with Gasteiger partial charge in [-0.2, -0.15) is 13.2 Å². The van der Waals surface area contributed by atoms with E-state index in [0.717, 1.165) is 13.0 Å². The van der Waals surface area contributed by atoms with Crippen LogP contribution >= 0.6 is 0 Å². The fraction of sp³-hybridized carbons (Fsp3) is 0.400. The van der Waals surface area contributed by atoms with Crippen molar-refractivity contribution in [3.05, 3.63) is 35.1 Å². The van der Waals surface area contributed by atoms with E-state index in [-0.39, 0.29) is 5.56 Å². The van der Waals surface area contributed by atoms with Gasteiger partial charge in [0.2, 0.25) is 0 Å². The molecule has 0 saturated carbocycles. The standard InChI is InChI=1S/C10H10F4/c1-6-3-4-8(5-9(6)11)7(2)10(12,13)14/h3-5,7H,1-2H3. The summed E-state index contributed by atoms with van der Waals surface area (Å²) in [7, 11) is 0. The van der Waals surface area contributed by atoms with Gasteiger partial charge in [-0.3, -0.25) is 0 Å². The van der Waals surface area contributed by atoms with E-state index in [4.69, 9.17) is 0 Å². The molecule has 0 fully saturated rings. The lowest BCUT2D eigenvalue weighted by Crippen LogP contribution is -2.17. The summed E-state index contributed by atoms with van der Waals surface area (Å²) in [6, 6.07) is 3.59. The van der Waals surface area contributed by atoms with Gasteiger partial charge in [-0.05, 0) is 31.0 Å². The molecule has 0 radical (unpaired) electrons. The first kappa shape index (κ1) is 11.0. The van der Waals surface area contributed by atoms with E-state index in [1.807, 2.05) is 0 Å². The van der Waals surface area contributed by atoms with Gasteiger partial charge in [0.15, 0.2) is 0 Å². The zero-order chi connectivity index (χ0) is 10.9. The van der Waals surface area contributed by atoms with Crippen molar-refractivity contribution in [2.24, 2.45) is 0 Å². The molecule has 4 heteroatoms. The molecule has 0 aromatic heterocycles. The molecule has 1 atom stereocenters. The molecule has 14 heavy (non-hydrogen) atoms. The SMILES string of the molecule is Cc1ccc(C(C)C(F)(F)F)cc1F. The third kappa shape index (κ3) is 2.25. The van der Waals surface area contributed by atoms with Crippen LogP contribution in [0.15, 0.2) is 18.2 Å². The minimum absolute atomic E-state index is 0.0411. The second kappa shape index (κ2) is 3.59. The first-order valence-corrected chi connectivity index (χ1v) is 4.15. The van der Waals surface area contributed by atoms with Crippen molar-refractivity contribution in [2.45, 2.75) is 25.9 Å². The van der Waals surface area contributed by atoms with Gasteiger partial charge in [0.1, 0.15) is 5.82 Å². The quantitative estimate of drug-likeness (QED) is 0.613. The molecule has 0 aliphatic carbocycles. The van der Waals surface area contributed by atoms with Gasteiger partial charge in [0.05, 0.1) is 5.92 Å². The zero-order valence-corrected chi connectivity index (χ0v) is 7.82. The van der Waals surface area contributed by atoms with Crippen LogP contribution in [0.2, 0.25) is 0 Å². The summed E-state index contributed by atoms with van der Waals surface area (Å²) in [5.74, 6) is -2.23. The van der Waals surface area contributed by atoms with E-state index in [1.165, 1.54) is 19.1 Å². The van der Waals surface area contributed by atoms with Crippen LogP contribution in [0.1, 0.15) is 24.0 Å². The van der Waals surface area contributed by atoms with Crippen molar-refractivity contribution in [1.82, 2.24) is 0 Å². The summed E-state index contributed by atoms with van der Waals surface area (Å²) in [4.78, 5) is 0. The normalized spacial score (nSPS) is 14.1. The number of rotatable bonds is 1. The lowest BCUT2D eigenvalue weighted by Gasteiger charge is -2.16. The molecule has 1 aromatic rings. The second-order valence-corrected chi connectivity index (χ2v) is 3.27. The van der Waals surface area contributed by atoms with E-state index in [1.54, 1.807) is 0 Å². The first-order chi connectivity index (χ1) is 6.32. The Bertz CT molecular complexity index is 327. The highest BCUT2D eigenvalue weighted by atomic mass is 19.4. The Morgan fingerprint density at radius 3 is 2.21 bits per heavy atom. The van der Waals surface area contributed by atoms with Crippen molar-refractivity contribution in [2.75, 3.05) is 0 Å². The summed E-state index contributed by atoms with van der Waals surface area (Å²) in [5, 5.41) is 0. The number of aryl methyl sites for hydroxylation is 1. The predicted molar refractivity (Wildman–Crippen MR) is 45.6 cm³/mol. The number of halogens is 4. The van der Waals surface area contributed by atoms with Crippen LogP contribution in [0.3, 0.4) is 0 Å². The van der Waals surface area contributed by atoms with Gasteiger partial charge in [-0.25, -0.2) is 4.39 Å². The molecule has 0 nitrogen and oxygen atoms in total. The Kier molecular flexibility index (Phi) is 2.83. The average molecular weight is 206 g/mol. The zero-order valence-electron chi connectivity index (χ0n) is 7.82. The number of hydrogen-bond donors (Lipinski definition) is 0. The molecule has 78 valence electrons. The van der Waals surface area contributed by atoms with E-state index < -0.39 is 17.9 Å². The Hall–Kier alpha value is -1.06. The lowest BCUT2D eigenvalue weighted by molar-refractivity contribution is -0.146. The molecule has 1 unspecified atom stereocenters. The highest BCUT2D eigenvalue weighted by Gasteiger charge is 2.37. The third-order valence-corrected chi connectivity index (χ3v) is 2.19. The molecular weight excluding hydrogens is 196 g/mol. The summed E-state index contributed by atoms with van der Waals surface area (Å²) < 4.78 is 49.7. The molecule has 0 amide bonds. The fourth-order valence-electron chi connectivity index (χ4n) is 1.07. The highest BCUT2D eigenvalue weighted by Crippen LogP contribution is 2.34. The monoisotopic (exact) mass is 206 g/mol. The fourth-order valence-corrected chi connectivity index (χ4v) is 1.07. The second-order valence-electron chi connectivity index (χ2n) is 3.27. The van der Waals surface area contributed by atoms with Crippen LogP contribution in [0, 0.1) is 12.7 Å². The number of alkyl halides is 3. The summed E-state index contributed by atoms with van der Waals surface area (Å²) >= 11 is 0. The Labute approximate surface area is 79.6 Å². The van der Waals surface area contributed by atoms with Crippen LogP contribution in [-0.2, 0) is 0 Å². The molecule has 0 aliphatic heterocycles. The lowest BCUT2D eigenvalue weighted by atomic mass is 9.99. The number of benzene rings is 1. The minimum atomic E-state index is -4.32. The Morgan fingerprint density at radius 2 is 1.79 bits per heavy atom. The maximum atomic E-state index is 13.0. The minimum Gasteiger partial charge on any atom is -0.207 e. The molecule has 0 spiro atoms. The van der Waals surface area contributed by atoms with E-state index in [2.05, 4.69) is 0 Å². The Morgan fingerprint density at radius 1 is 1.21 bits per heavy atom.